The van der Waals surface area contributed by atoms with Gasteiger partial charge in [-0.25, -0.2) is 0 Å². The molecule has 2 saturated heterocycles. The van der Waals surface area contributed by atoms with Gasteiger partial charge in [0.15, 0.2) is 0 Å². The van der Waals surface area contributed by atoms with Gasteiger partial charge in [-0.15, -0.1) is 5.10 Å². The molecule has 9 heteroatoms. The normalized spacial score (nSPS) is 21.0. The Bertz CT molecular complexity index is 857. The molecule has 1 N–H and O–H groups in total. The van der Waals surface area contributed by atoms with Crippen LogP contribution in [0.5, 0.6) is 0 Å². The van der Waals surface area contributed by atoms with Crippen molar-refractivity contribution in [3.8, 4) is 0 Å². The second-order valence-electron chi connectivity index (χ2n) is 6.89. The van der Waals surface area contributed by atoms with Gasteiger partial charge in [-0.05, 0) is 38.8 Å². The summed E-state index contributed by atoms with van der Waals surface area (Å²) in [6.45, 7) is 6.73. The third-order valence-corrected chi connectivity index (χ3v) is 6.23. The molecule has 2 aliphatic rings. The topological polar surface area (TPSA) is 82.8 Å². The maximum atomic E-state index is 12.7. The van der Waals surface area contributed by atoms with Crippen LogP contribution in [-0.2, 0) is 0 Å². The molecule has 2 aromatic rings. The Morgan fingerprint density at radius 3 is 2.88 bits per heavy atom. The lowest BCUT2D eigenvalue weighted by Gasteiger charge is -2.22. The van der Waals surface area contributed by atoms with Crippen molar-refractivity contribution in [2.45, 2.75) is 38.6 Å². The SMILES string of the molecule is CCN1CCCC1CNC(=O)c1cc(=O)nc2sc(N3CCCC3)nn12. The van der Waals surface area contributed by atoms with Crippen molar-refractivity contribution in [3.05, 3.63) is 22.1 Å². The van der Waals surface area contributed by atoms with E-state index in [9.17, 15) is 9.59 Å². The third kappa shape index (κ3) is 3.33. The monoisotopic (exact) mass is 376 g/mol. The minimum absolute atomic E-state index is 0.263. The van der Waals surface area contributed by atoms with Crippen molar-refractivity contribution in [3.63, 3.8) is 0 Å². The average Bonchev–Trinajstić information content (AvgIpc) is 3.37. The number of hydrogen-bond donors (Lipinski definition) is 1. The Hall–Kier alpha value is -2.00. The quantitative estimate of drug-likeness (QED) is 0.837. The summed E-state index contributed by atoms with van der Waals surface area (Å²) in [6.07, 6.45) is 4.54. The highest BCUT2D eigenvalue weighted by molar-refractivity contribution is 7.20. The Morgan fingerprint density at radius 1 is 1.31 bits per heavy atom. The van der Waals surface area contributed by atoms with Gasteiger partial charge in [-0.2, -0.15) is 9.50 Å². The second kappa shape index (κ2) is 7.32. The Morgan fingerprint density at radius 2 is 2.12 bits per heavy atom. The van der Waals surface area contributed by atoms with Crippen molar-refractivity contribution in [2.75, 3.05) is 37.6 Å². The highest BCUT2D eigenvalue weighted by atomic mass is 32.1. The number of nitrogens with zero attached hydrogens (tertiary/aromatic N) is 5. The molecule has 0 saturated carbocycles. The molecule has 2 aliphatic heterocycles. The number of likely N-dealkylation sites (N-methyl/N-ethyl adjacent to an activating group) is 1. The van der Waals surface area contributed by atoms with E-state index in [1.807, 2.05) is 0 Å². The van der Waals surface area contributed by atoms with Gasteiger partial charge in [0.05, 0.1) is 0 Å². The van der Waals surface area contributed by atoms with E-state index >= 15 is 0 Å². The van der Waals surface area contributed by atoms with Crippen molar-refractivity contribution in [1.29, 1.82) is 0 Å². The first-order valence-electron chi connectivity index (χ1n) is 9.34. The van der Waals surface area contributed by atoms with Gasteiger partial charge in [0.25, 0.3) is 11.5 Å². The van der Waals surface area contributed by atoms with Crippen LogP contribution >= 0.6 is 11.3 Å². The van der Waals surface area contributed by atoms with Crippen LogP contribution in [0.3, 0.4) is 0 Å². The molecule has 2 fully saturated rings. The number of carbonyl (C=O) groups is 1. The zero-order valence-electron chi connectivity index (χ0n) is 15.0. The molecule has 1 amide bonds. The molecule has 2 aromatic heterocycles. The molecule has 0 aromatic carbocycles. The van der Waals surface area contributed by atoms with E-state index in [0.717, 1.165) is 50.6 Å². The summed E-state index contributed by atoms with van der Waals surface area (Å²) in [5.74, 6) is -0.263. The Balaban J connectivity index is 1.56. The number of rotatable bonds is 5. The summed E-state index contributed by atoms with van der Waals surface area (Å²) in [4.78, 5) is 33.7. The summed E-state index contributed by atoms with van der Waals surface area (Å²) < 4.78 is 1.52. The second-order valence-corrected chi connectivity index (χ2v) is 7.82. The number of likely N-dealkylation sites (tertiary alicyclic amines) is 1. The maximum Gasteiger partial charge on any atom is 0.274 e. The van der Waals surface area contributed by atoms with Crippen LogP contribution in [0.1, 0.15) is 43.1 Å². The van der Waals surface area contributed by atoms with E-state index < -0.39 is 5.56 Å². The standard InChI is InChI=1S/C17H24N6O2S/c1-2-21-9-5-6-12(21)11-18-15(25)13-10-14(24)19-16-23(13)20-17(26-16)22-7-3-4-8-22/h10,12H,2-9,11H2,1H3,(H,18,25). The summed E-state index contributed by atoms with van der Waals surface area (Å²) in [7, 11) is 0. The minimum atomic E-state index is -0.400. The zero-order valence-corrected chi connectivity index (χ0v) is 15.8. The number of carbonyl (C=O) groups excluding carboxylic acids is 1. The lowest BCUT2D eigenvalue weighted by atomic mass is 10.2. The predicted molar refractivity (Wildman–Crippen MR) is 101 cm³/mol. The summed E-state index contributed by atoms with van der Waals surface area (Å²) in [6, 6.07) is 1.65. The number of hydrogen-bond acceptors (Lipinski definition) is 7. The number of aromatic nitrogens is 3. The van der Waals surface area contributed by atoms with Crippen molar-refractivity contribution < 1.29 is 4.79 Å². The molecule has 1 atom stereocenters. The van der Waals surface area contributed by atoms with Gasteiger partial charge in [0.2, 0.25) is 10.1 Å². The summed E-state index contributed by atoms with van der Waals surface area (Å²) >= 11 is 1.37. The van der Waals surface area contributed by atoms with Crippen LogP contribution < -0.4 is 15.8 Å². The molecule has 0 radical (unpaired) electrons. The molecule has 1 unspecified atom stereocenters. The van der Waals surface area contributed by atoms with E-state index in [1.165, 1.54) is 28.3 Å². The van der Waals surface area contributed by atoms with E-state index in [1.54, 1.807) is 0 Å². The van der Waals surface area contributed by atoms with Gasteiger partial charge < -0.3 is 10.2 Å². The molecular formula is C17H24N6O2S. The van der Waals surface area contributed by atoms with Gasteiger partial charge in [0.1, 0.15) is 5.69 Å². The smallest absolute Gasteiger partial charge is 0.274 e. The fourth-order valence-corrected chi connectivity index (χ4v) is 4.81. The minimum Gasteiger partial charge on any atom is -0.349 e. The third-order valence-electron chi connectivity index (χ3n) is 5.26. The Labute approximate surface area is 155 Å². The first-order chi connectivity index (χ1) is 12.7. The maximum absolute atomic E-state index is 12.7. The van der Waals surface area contributed by atoms with Crippen LogP contribution in [-0.4, -0.2) is 64.2 Å². The first-order valence-corrected chi connectivity index (χ1v) is 10.2. The highest BCUT2D eigenvalue weighted by Gasteiger charge is 2.25. The number of fused-ring (bicyclic) bond motifs is 1. The summed E-state index contributed by atoms with van der Waals surface area (Å²) in [5.41, 5.74) is -0.134. The van der Waals surface area contributed by atoms with Gasteiger partial charge >= 0.3 is 0 Å². The fourth-order valence-electron chi connectivity index (χ4n) is 3.85. The predicted octanol–water partition coefficient (Wildman–Crippen LogP) is 0.965. The largest absolute Gasteiger partial charge is 0.349 e. The number of nitrogens with one attached hydrogen (secondary N) is 1. The van der Waals surface area contributed by atoms with E-state index in [0.29, 0.717) is 17.5 Å². The van der Waals surface area contributed by atoms with Gasteiger partial charge in [-0.1, -0.05) is 18.3 Å². The van der Waals surface area contributed by atoms with Crippen LogP contribution in [0.25, 0.3) is 4.96 Å². The molecule has 0 aliphatic carbocycles. The fraction of sp³-hybridized carbons (Fsp3) is 0.647. The summed E-state index contributed by atoms with van der Waals surface area (Å²) in [5, 5.41) is 8.36. The van der Waals surface area contributed by atoms with Crippen LogP contribution in [0.2, 0.25) is 0 Å². The van der Waals surface area contributed by atoms with E-state index in [-0.39, 0.29) is 11.6 Å². The molecule has 4 rings (SSSR count). The van der Waals surface area contributed by atoms with Gasteiger partial charge in [0, 0.05) is 31.7 Å². The van der Waals surface area contributed by atoms with Crippen LogP contribution in [0.4, 0.5) is 5.13 Å². The number of anilines is 1. The molecular weight excluding hydrogens is 352 g/mol. The lowest BCUT2D eigenvalue weighted by Crippen LogP contribution is -2.40. The van der Waals surface area contributed by atoms with Gasteiger partial charge in [-0.3, -0.25) is 14.5 Å². The molecule has 0 spiro atoms. The highest BCUT2D eigenvalue weighted by Crippen LogP contribution is 2.25. The lowest BCUT2D eigenvalue weighted by molar-refractivity contribution is 0.0933. The Kier molecular flexibility index (Phi) is 4.90. The molecule has 4 heterocycles. The van der Waals surface area contributed by atoms with Crippen LogP contribution in [0, 0.1) is 0 Å². The van der Waals surface area contributed by atoms with Crippen molar-refractivity contribution >= 4 is 27.3 Å². The molecule has 26 heavy (non-hydrogen) atoms. The number of amides is 1. The molecule has 8 nitrogen and oxygen atoms in total. The zero-order chi connectivity index (χ0) is 18.1. The average molecular weight is 376 g/mol. The molecule has 0 bridgehead atoms. The van der Waals surface area contributed by atoms with E-state index in [2.05, 4.69) is 32.1 Å². The first kappa shape index (κ1) is 17.4. The van der Waals surface area contributed by atoms with Crippen molar-refractivity contribution in [2.24, 2.45) is 0 Å². The molecule has 140 valence electrons. The van der Waals surface area contributed by atoms with Crippen molar-refractivity contribution in [1.82, 2.24) is 24.8 Å². The van der Waals surface area contributed by atoms with Crippen LogP contribution in [0.15, 0.2) is 10.9 Å². The van der Waals surface area contributed by atoms with E-state index in [4.69, 9.17) is 0 Å².